The molecule has 0 aliphatic rings. The number of rotatable bonds is 4. The van der Waals surface area contributed by atoms with E-state index in [1.807, 2.05) is 79.6 Å². The summed E-state index contributed by atoms with van der Waals surface area (Å²) in [5, 5.41) is 8.42. The van der Waals surface area contributed by atoms with Crippen LogP contribution in [0.4, 0.5) is 0 Å². The van der Waals surface area contributed by atoms with Crippen molar-refractivity contribution in [2.45, 2.75) is 41.5 Å². The van der Waals surface area contributed by atoms with Crippen LogP contribution in [-0.2, 0) is 70.2 Å². The molecule has 0 amide bonds. The number of hydrogen-bond acceptors (Lipinski definition) is 12. The van der Waals surface area contributed by atoms with Crippen LogP contribution in [0.25, 0.3) is 0 Å². The summed E-state index contributed by atoms with van der Waals surface area (Å²) < 4.78 is 4.51. The molecule has 0 aromatic heterocycles. The normalized spacial score (nSPS) is 5.80. The Kier molecular flexibility index (Phi) is 775. The van der Waals surface area contributed by atoms with Gasteiger partial charge in [-0.3, -0.25) is 16.9 Å². The molecule has 0 bridgehead atoms. The number of carbonyl (C=O) groups excluding carboxylic acids is 1. The minimum Gasteiger partial charge on any atom is -0.518 e. The fourth-order valence-electron chi connectivity index (χ4n) is 0.469. The van der Waals surface area contributed by atoms with Crippen LogP contribution in [0.15, 0.2) is 49.0 Å². The van der Waals surface area contributed by atoms with Gasteiger partial charge in [0.15, 0.2) is 0 Å². The molecule has 0 spiro atoms. The third-order valence-electron chi connectivity index (χ3n) is 1.11. The van der Waals surface area contributed by atoms with Gasteiger partial charge in [-0.1, -0.05) is 53.7 Å². The molecule has 15 heteroatoms. The monoisotopic (exact) mass is 878 g/mol. The van der Waals surface area contributed by atoms with E-state index in [9.17, 15) is 0 Å². The maximum atomic E-state index is 7.44. The standard InChI is InChI=1S/2C4H9N.C4H8O.2C3H5.C2H7N.C2H4O.C2H6S2.4CH5N.2CH4S.2Y/c3*1-3-4-5-2;3*1-3-2;1-2-3;1-3-4-2;6*1-2;;/h2*3-5H,1-2H3;3-4H,1-2H3;2*1,3H,2H3;3H,1-2H3;2H,1H3;1-2H3;4*2H2,1H3;2*2H,1H3;;/q;;;2*-1;;;;;;;;;;;/p+1. The SMILES string of the molecule is CC=CNC.CC=CNC.CC=COC.CC=[OH+].CN.CN.CN.CN.CNC.CS.CS.CSSC.[CH-]=CC.[CH-]=CC.[Y].[Y]. The van der Waals surface area contributed by atoms with Crippen molar-refractivity contribution >= 4 is 53.1 Å². The van der Waals surface area contributed by atoms with Crippen LogP contribution in [0.1, 0.15) is 41.5 Å². The van der Waals surface area contributed by atoms with Crippen molar-refractivity contribution < 1.29 is 74.9 Å². The fraction of sp³-hybridized carbons (Fsp3) is 0.633. The van der Waals surface area contributed by atoms with Crippen molar-refractivity contribution in [3.05, 3.63) is 62.2 Å². The van der Waals surface area contributed by atoms with E-state index < -0.39 is 0 Å². The minimum absolute atomic E-state index is 0. The summed E-state index contributed by atoms with van der Waals surface area (Å²) in [5.74, 6) is 0. The van der Waals surface area contributed by atoms with Gasteiger partial charge in [0.05, 0.1) is 13.4 Å². The molecule has 280 valence electrons. The number of thiol groups is 2. The molecule has 0 aromatic carbocycles. The first-order valence-corrected chi connectivity index (χ1v) is 17.6. The molecular formula is C30H82N7O2S4Y2-. The van der Waals surface area contributed by atoms with Gasteiger partial charge in [0.2, 0.25) is 0 Å². The molecule has 45 heavy (non-hydrogen) atoms. The fourth-order valence-corrected chi connectivity index (χ4v) is 0.469. The topological polar surface area (TPSA) is 171 Å². The Morgan fingerprint density at radius 2 is 0.756 bits per heavy atom. The van der Waals surface area contributed by atoms with Gasteiger partial charge in [0.1, 0.15) is 0 Å². The van der Waals surface area contributed by atoms with E-state index >= 15 is 0 Å². The van der Waals surface area contributed by atoms with Gasteiger partial charge in [0.25, 0.3) is 6.29 Å². The third kappa shape index (κ3) is 1260. The molecule has 12 N–H and O–H groups in total. The second-order valence-electron chi connectivity index (χ2n) is 4.04. The van der Waals surface area contributed by atoms with Gasteiger partial charge in [0, 0.05) is 86.4 Å². The Balaban J connectivity index is -0.0000000146. The van der Waals surface area contributed by atoms with E-state index in [2.05, 4.69) is 81.4 Å². The molecule has 0 aromatic rings. The van der Waals surface area contributed by atoms with Gasteiger partial charge >= 0.3 is 0 Å². The number of aldehydes is 1. The number of hydrogen-bond donors (Lipinski definition) is 9. The molecule has 0 fully saturated rings. The zero-order valence-electron chi connectivity index (χ0n) is 32.9. The summed E-state index contributed by atoms with van der Waals surface area (Å²) in [5.41, 5.74) is 18.0. The van der Waals surface area contributed by atoms with Crippen molar-refractivity contribution in [3.63, 3.8) is 0 Å². The summed E-state index contributed by atoms with van der Waals surface area (Å²) in [7, 11) is 18.7. The summed E-state index contributed by atoms with van der Waals surface area (Å²) >= 11 is 7.06. The van der Waals surface area contributed by atoms with Crippen molar-refractivity contribution in [1.82, 2.24) is 16.0 Å². The van der Waals surface area contributed by atoms with E-state index in [1.54, 1.807) is 68.2 Å². The number of nitrogens with one attached hydrogen (secondary N) is 3. The number of nitrogens with two attached hydrogens (primary N) is 4. The maximum absolute atomic E-state index is 7.44. The number of methoxy groups -OCH3 is 1. The predicted octanol–water partition coefficient (Wildman–Crippen LogP) is 5.67. The van der Waals surface area contributed by atoms with Crippen LogP contribution < -0.4 is 38.9 Å². The van der Waals surface area contributed by atoms with Crippen LogP contribution in [0.3, 0.4) is 0 Å². The first-order valence-electron chi connectivity index (χ1n) is 12.8. The second-order valence-corrected chi connectivity index (χ2v) is 6.71. The summed E-state index contributed by atoms with van der Waals surface area (Å²) in [6.45, 7) is 20.4. The minimum atomic E-state index is 0. The largest absolute Gasteiger partial charge is 0.518 e. The first-order chi connectivity index (χ1) is 20.8. The quantitative estimate of drug-likeness (QED) is 0.0429. The Labute approximate surface area is 355 Å². The smallest absolute Gasteiger partial charge is 0.278 e. The molecule has 0 rings (SSSR count). The van der Waals surface area contributed by atoms with E-state index in [4.69, 9.17) is 18.0 Å². The number of ether oxygens (including phenoxy) is 1. The molecular weight excluding hydrogens is 796 g/mol. The van der Waals surface area contributed by atoms with E-state index in [0.717, 1.165) is 6.29 Å². The Morgan fingerprint density at radius 1 is 0.600 bits per heavy atom. The molecule has 9 nitrogen and oxygen atoms in total. The van der Waals surface area contributed by atoms with Crippen LogP contribution in [0.5, 0.6) is 0 Å². The van der Waals surface area contributed by atoms with E-state index in [-0.39, 0.29) is 65.4 Å². The van der Waals surface area contributed by atoms with Gasteiger partial charge in [-0.15, -0.1) is 0 Å². The zero-order valence-corrected chi connectivity index (χ0v) is 42.0. The molecule has 0 atom stereocenters. The van der Waals surface area contributed by atoms with Gasteiger partial charge < -0.3 is 56.8 Å². The first kappa shape index (κ1) is 103. The Morgan fingerprint density at radius 3 is 0.756 bits per heavy atom. The van der Waals surface area contributed by atoms with Crippen molar-refractivity contribution in [2.75, 3.05) is 88.5 Å². The van der Waals surface area contributed by atoms with Crippen LogP contribution in [0.2, 0.25) is 0 Å². The summed E-state index contributed by atoms with van der Waals surface area (Å²) in [4.78, 5) is 7.44. The third-order valence-corrected chi connectivity index (χ3v) is 2.44. The van der Waals surface area contributed by atoms with E-state index in [0.29, 0.717) is 0 Å². The Bertz CT molecular complexity index is 300. The van der Waals surface area contributed by atoms with Crippen molar-refractivity contribution in [3.8, 4) is 0 Å². The Hall–Kier alpha value is 1.18. The molecule has 0 aliphatic carbocycles. The molecule has 0 saturated heterocycles. The molecule has 0 saturated carbocycles. The maximum Gasteiger partial charge on any atom is 0.278 e. The number of allylic oxidation sites excluding steroid dienone is 5. The van der Waals surface area contributed by atoms with Gasteiger partial charge in [-0.2, -0.15) is 25.3 Å². The van der Waals surface area contributed by atoms with Gasteiger partial charge in [-0.05, 0) is 100 Å². The average molecular weight is 879 g/mol. The molecule has 0 heterocycles. The van der Waals surface area contributed by atoms with Crippen LogP contribution in [-0.4, -0.2) is 99.6 Å². The van der Waals surface area contributed by atoms with Crippen LogP contribution in [0, 0.1) is 13.2 Å². The van der Waals surface area contributed by atoms with Crippen molar-refractivity contribution in [2.24, 2.45) is 22.9 Å². The summed E-state index contributed by atoms with van der Waals surface area (Å²) in [6, 6.07) is 0. The van der Waals surface area contributed by atoms with E-state index in [1.165, 1.54) is 40.3 Å². The van der Waals surface area contributed by atoms with Crippen molar-refractivity contribution in [1.29, 1.82) is 0 Å². The predicted molar refractivity (Wildman–Crippen MR) is 225 cm³/mol. The average Bonchev–Trinajstić information content (AvgIpc) is 3.06. The zero-order chi connectivity index (χ0) is 38.6. The molecule has 2 radical (unpaired) electrons. The molecule has 0 aliphatic heterocycles. The van der Waals surface area contributed by atoms with Crippen LogP contribution >= 0.6 is 46.8 Å². The summed E-state index contributed by atoms with van der Waals surface area (Å²) in [6.07, 6.45) is 22.6. The second kappa shape index (κ2) is 337. The van der Waals surface area contributed by atoms with Gasteiger partial charge in [-0.25, -0.2) is 0 Å². The molecule has 0 unspecified atom stereocenters.